The van der Waals surface area contributed by atoms with E-state index in [1.165, 1.54) is 46.8 Å². The lowest BCUT2D eigenvalue weighted by Crippen LogP contribution is -2.48. The van der Waals surface area contributed by atoms with E-state index in [1.807, 2.05) is 0 Å². The maximum absolute atomic E-state index is 13.2. The molecule has 0 amide bonds. The van der Waals surface area contributed by atoms with Crippen LogP contribution in [-0.2, 0) is 20.4 Å². The Morgan fingerprint density at radius 2 is 1.29 bits per heavy atom. The van der Waals surface area contributed by atoms with Crippen molar-refractivity contribution in [3.05, 3.63) is 83.9 Å². The zero-order valence-corrected chi connectivity index (χ0v) is 23.4. The Kier molecular flexibility index (Phi) is 5.70. The molecule has 0 radical (unpaired) electrons. The summed E-state index contributed by atoms with van der Waals surface area (Å²) in [5.41, 5.74) is 2.41. The lowest BCUT2D eigenvalue weighted by Gasteiger charge is -2.50. The van der Waals surface area contributed by atoms with E-state index >= 15 is 0 Å². The molecule has 0 aliphatic heterocycles. The Balaban J connectivity index is 1.09. The van der Waals surface area contributed by atoms with Crippen molar-refractivity contribution in [3.63, 3.8) is 0 Å². The van der Waals surface area contributed by atoms with Crippen LogP contribution >= 0.6 is 0 Å². The minimum Gasteiger partial charge on any atom is -0.481 e. The van der Waals surface area contributed by atoms with Gasteiger partial charge in [-0.3, -0.25) is 0 Å². The third-order valence-electron chi connectivity index (χ3n) is 10.5. The van der Waals surface area contributed by atoms with Crippen molar-refractivity contribution in [1.82, 2.24) is 0 Å². The Labute approximate surface area is 229 Å². The molecule has 196 valence electrons. The van der Waals surface area contributed by atoms with Gasteiger partial charge in [0.25, 0.3) is 0 Å². The lowest BCUT2D eigenvalue weighted by molar-refractivity contribution is -0.177. The van der Waals surface area contributed by atoms with Crippen LogP contribution in [0.4, 0.5) is 0 Å². The highest BCUT2D eigenvalue weighted by atomic mass is 32.2. The van der Waals surface area contributed by atoms with Crippen molar-refractivity contribution in [2.24, 2.45) is 29.1 Å². The van der Waals surface area contributed by atoms with E-state index in [1.54, 1.807) is 0 Å². The summed E-state index contributed by atoms with van der Waals surface area (Å²) in [4.78, 5) is 17.0. The van der Waals surface area contributed by atoms with E-state index in [2.05, 4.69) is 93.6 Å². The minimum atomic E-state index is -0.318. The van der Waals surface area contributed by atoms with E-state index in [4.69, 9.17) is 9.47 Å². The van der Waals surface area contributed by atoms with Crippen LogP contribution in [0.15, 0.2) is 87.5 Å². The van der Waals surface area contributed by atoms with Crippen LogP contribution in [0.5, 0.6) is 5.75 Å². The van der Waals surface area contributed by atoms with Crippen LogP contribution in [0.25, 0.3) is 0 Å². The molecule has 4 aliphatic carbocycles. The van der Waals surface area contributed by atoms with Crippen molar-refractivity contribution in [2.75, 3.05) is 6.61 Å². The summed E-state index contributed by atoms with van der Waals surface area (Å²) in [5, 5.41) is 0. The third kappa shape index (κ3) is 3.66. The molecule has 7 rings (SSSR count). The van der Waals surface area contributed by atoms with Gasteiger partial charge in [-0.1, -0.05) is 36.4 Å². The molecule has 4 unspecified atom stereocenters. The quantitative estimate of drug-likeness (QED) is 0.236. The summed E-state index contributed by atoms with van der Waals surface area (Å²) in [5.74, 6) is 3.41. The second-order valence-corrected chi connectivity index (χ2v) is 14.4. The van der Waals surface area contributed by atoms with Gasteiger partial charge in [0.05, 0.1) is 10.9 Å². The molecule has 3 aromatic carbocycles. The number of hydrogen-bond acceptors (Lipinski definition) is 3. The molecule has 38 heavy (non-hydrogen) atoms. The second-order valence-electron chi connectivity index (χ2n) is 12.4. The topological polar surface area (TPSA) is 35.5 Å². The molecule has 0 heterocycles. The Hall–Kier alpha value is -2.72. The van der Waals surface area contributed by atoms with E-state index in [0.29, 0.717) is 17.3 Å². The highest BCUT2D eigenvalue weighted by molar-refractivity contribution is 7.97. The van der Waals surface area contributed by atoms with Crippen molar-refractivity contribution < 1.29 is 14.3 Å². The summed E-state index contributed by atoms with van der Waals surface area (Å²) < 4.78 is 12.5. The maximum atomic E-state index is 13.2. The summed E-state index contributed by atoms with van der Waals surface area (Å²) in [6.07, 6.45) is 6.47. The number of carbonyl (C=O) groups is 1. The smallest absolute Gasteiger partial charge is 0.344 e. The average molecular weight is 526 g/mol. The van der Waals surface area contributed by atoms with Crippen LogP contribution in [-0.4, -0.2) is 18.2 Å². The molecule has 4 fully saturated rings. The first-order valence-electron chi connectivity index (χ1n) is 14.2. The lowest BCUT2D eigenvalue weighted by atomic mass is 9.55. The van der Waals surface area contributed by atoms with Gasteiger partial charge in [-0.2, -0.15) is 0 Å². The first-order chi connectivity index (χ1) is 18.4. The van der Waals surface area contributed by atoms with E-state index in [9.17, 15) is 4.79 Å². The molecule has 0 saturated heterocycles. The van der Waals surface area contributed by atoms with Gasteiger partial charge < -0.3 is 9.47 Å². The van der Waals surface area contributed by atoms with Crippen molar-refractivity contribution >= 4 is 16.9 Å². The molecule has 4 aliphatic rings. The van der Waals surface area contributed by atoms with Crippen LogP contribution in [0.3, 0.4) is 0 Å². The number of esters is 1. The van der Waals surface area contributed by atoms with Gasteiger partial charge >= 0.3 is 5.97 Å². The zero-order chi connectivity index (χ0) is 26.1. The molecule has 3 nitrogen and oxygen atoms in total. The fourth-order valence-corrected chi connectivity index (χ4v) is 11.0. The molecule has 4 saturated carbocycles. The Morgan fingerprint density at radius 1 is 0.789 bits per heavy atom. The molecular formula is C34H37O3S+. The summed E-state index contributed by atoms with van der Waals surface area (Å²) in [6.45, 7) is 6.36. The average Bonchev–Trinajstić information content (AvgIpc) is 3.32. The predicted octanol–water partition coefficient (Wildman–Crippen LogP) is 7.54. The number of rotatable bonds is 7. The van der Waals surface area contributed by atoms with Gasteiger partial charge in [-0.25, -0.2) is 4.79 Å². The largest absolute Gasteiger partial charge is 0.481 e. The van der Waals surface area contributed by atoms with Gasteiger partial charge in [0.2, 0.25) is 0 Å². The molecular weight excluding hydrogens is 488 g/mol. The molecule has 4 atom stereocenters. The van der Waals surface area contributed by atoms with E-state index in [0.717, 1.165) is 28.7 Å². The van der Waals surface area contributed by atoms with Gasteiger partial charge in [0.15, 0.2) is 21.3 Å². The van der Waals surface area contributed by atoms with Crippen LogP contribution in [0.2, 0.25) is 0 Å². The third-order valence-corrected chi connectivity index (χ3v) is 12.7. The molecule has 0 aromatic heterocycles. The van der Waals surface area contributed by atoms with Crippen molar-refractivity contribution in [1.29, 1.82) is 0 Å². The predicted molar refractivity (Wildman–Crippen MR) is 150 cm³/mol. The fourth-order valence-electron chi connectivity index (χ4n) is 8.73. The molecule has 4 heteroatoms. The van der Waals surface area contributed by atoms with E-state index in [-0.39, 0.29) is 29.1 Å². The molecule has 0 N–H and O–H groups in total. The van der Waals surface area contributed by atoms with Gasteiger partial charge in [-0.05, 0) is 117 Å². The van der Waals surface area contributed by atoms with Gasteiger partial charge in [0, 0.05) is 12.1 Å². The van der Waals surface area contributed by atoms with Crippen LogP contribution in [0, 0.1) is 42.9 Å². The first kappa shape index (κ1) is 24.3. The highest BCUT2D eigenvalue weighted by Crippen LogP contribution is 2.77. The van der Waals surface area contributed by atoms with Crippen LogP contribution in [0.1, 0.15) is 50.2 Å². The summed E-state index contributed by atoms with van der Waals surface area (Å²) in [7, 11) is -0.216. The van der Waals surface area contributed by atoms with Gasteiger partial charge in [0.1, 0.15) is 11.4 Å². The SMILES string of the molecule is Cc1cc([S+](c2ccccc2)c2ccccc2)cc(C)c1OCC(=O)OC1(C)C2CC3CC4CC1CC34C2. The fraction of sp³-hybridized carbons (Fsp3) is 0.441. The van der Waals surface area contributed by atoms with Crippen LogP contribution < -0.4 is 4.74 Å². The number of benzene rings is 3. The number of ether oxygens (including phenoxy) is 2. The Bertz CT molecular complexity index is 1280. The maximum Gasteiger partial charge on any atom is 0.344 e. The monoisotopic (exact) mass is 525 g/mol. The normalized spacial score (nSPS) is 32.2. The zero-order valence-electron chi connectivity index (χ0n) is 22.6. The minimum absolute atomic E-state index is 0.0306. The molecule has 3 aromatic rings. The van der Waals surface area contributed by atoms with E-state index < -0.39 is 0 Å². The summed E-state index contributed by atoms with van der Waals surface area (Å²) >= 11 is 0. The number of hydrogen-bond donors (Lipinski definition) is 0. The second kappa shape index (κ2) is 8.91. The number of carbonyl (C=O) groups excluding carboxylic acids is 1. The highest BCUT2D eigenvalue weighted by Gasteiger charge is 2.73. The molecule has 3 bridgehead atoms. The number of aryl methyl sites for hydroxylation is 2. The Morgan fingerprint density at radius 3 is 1.82 bits per heavy atom. The number of fused-ring (bicyclic) bond motifs is 2. The standard InChI is InChI=1S/C34H37O3S/c1-22-14-30(38(28-10-6-4-7-11-28)29-12-8-5-9-13-29)15-23(2)32(22)36-21-31(35)37-33(3)26-17-24-16-25-18-27(33)20-34(24,25)19-26/h4-15,24-27H,16-21H2,1-3H3/q+1. The first-order valence-corrected chi connectivity index (χ1v) is 15.4. The molecule has 1 spiro atoms. The van der Waals surface area contributed by atoms with Gasteiger partial charge in [-0.15, -0.1) is 0 Å². The van der Waals surface area contributed by atoms with Crippen molar-refractivity contribution in [2.45, 2.75) is 73.2 Å². The van der Waals surface area contributed by atoms with Crippen molar-refractivity contribution in [3.8, 4) is 5.75 Å². The summed E-state index contributed by atoms with van der Waals surface area (Å²) in [6, 6.07) is 25.8.